The average molecular weight is 218 g/mol. The van der Waals surface area contributed by atoms with Gasteiger partial charge >= 0.3 is 5.97 Å². The Balaban J connectivity index is 2.49. The number of carbonyl (C=O) groups is 1. The van der Waals surface area contributed by atoms with Crippen LogP contribution in [0.15, 0.2) is 24.4 Å². The number of aromatic nitrogens is 2. The molecule has 0 aliphatic carbocycles. The predicted molar refractivity (Wildman–Crippen MR) is 61.5 cm³/mol. The maximum Gasteiger partial charge on any atom is 0.337 e. The molecule has 84 valence electrons. The smallest absolute Gasteiger partial charge is 0.337 e. The molecule has 0 N–H and O–H groups in total. The molecule has 0 aliphatic heterocycles. The standard InChI is InChI=1S/C12H14N2O2/c1-8(2)14-7-10-6-9(12(15)16-3)4-5-11(10)13-14/h4-8H,1-3H3. The molecule has 0 radical (unpaired) electrons. The molecular weight excluding hydrogens is 204 g/mol. The quantitative estimate of drug-likeness (QED) is 0.727. The molecule has 0 bridgehead atoms. The van der Waals surface area contributed by atoms with Crippen LogP contribution in [0.5, 0.6) is 0 Å². The maximum absolute atomic E-state index is 11.3. The molecule has 2 rings (SSSR count). The van der Waals surface area contributed by atoms with Gasteiger partial charge in [-0.1, -0.05) is 0 Å². The molecule has 4 heteroatoms. The van der Waals surface area contributed by atoms with E-state index in [1.165, 1.54) is 7.11 Å². The van der Waals surface area contributed by atoms with E-state index >= 15 is 0 Å². The molecule has 0 fully saturated rings. The summed E-state index contributed by atoms with van der Waals surface area (Å²) >= 11 is 0. The van der Waals surface area contributed by atoms with Gasteiger partial charge in [-0.15, -0.1) is 0 Å². The number of ether oxygens (including phenoxy) is 1. The van der Waals surface area contributed by atoms with Crippen LogP contribution in [0.4, 0.5) is 0 Å². The number of methoxy groups -OCH3 is 1. The van der Waals surface area contributed by atoms with E-state index in [1.807, 2.05) is 16.9 Å². The fourth-order valence-electron chi connectivity index (χ4n) is 1.55. The van der Waals surface area contributed by atoms with Crippen molar-refractivity contribution in [3.63, 3.8) is 0 Å². The number of nitrogens with zero attached hydrogens (tertiary/aromatic N) is 2. The van der Waals surface area contributed by atoms with Crippen LogP contribution in [-0.2, 0) is 4.74 Å². The lowest BCUT2D eigenvalue weighted by Crippen LogP contribution is -2.00. The van der Waals surface area contributed by atoms with Gasteiger partial charge in [-0.25, -0.2) is 4.79 Å². The number of carbonyl (C=O) groups excluding carboxylic acids is 1. The molecular formula is C12H14N2O2. The minimum absolute atomic E-state index is 0.314. The fourth-order valence-corrected chi connectivity index (χ4v) is 1.55. The SMILES string of the molecule is COC(=O)c1ccc2nn(C(C)C)cc2c1. The summed E-state index contributed by atoms with van der Waals surface area (Å²) in [6.07, 6.45) is 1.94. The van der Waals surface area contributed by atoms with Crippen LogP contribution in [0.1, 0.15) is 30.2 Å². The summed E-state index contributed by atoms with van der Waals surface area (Å²) in [7, 11) is 1.38. The average Bonchev–Trinajstić information content (AvgIpc) is 2.70. The zero-order valence-corrected chi connectivity index (χ0v) is 9.60. The van der Waals surface area contributed by atoms with Gasteiger partial charge in [0.15, 0.2) is 0 Å². The molecule has 0 unspecified atom stereocenters. The van der Waals surface area contributed by atoms with Crippen molar-refractivity contribution in [1.82, 2.24) is 9.78 Å². The molecule has 0 saturated carbocycles. The highest BCUT2D eigenvalue weighted by molar-refractivity contribution is 5.94. The van der Waals surface area contributed by atoms with E-state index < -0.39 is 0 Å². The van der Waals surface area contributed by atoms with E-state index in [4.69, 9.17) is 0 Å². The Morgan fingerprint density at radius 1 is 1.44 bits per heavy atom. The van der Waals surface area contributed by atoms with Crippen LogP contribution in [0.2, 0.25) is 0 Å². The first-order valence-electron chi connectivity index (χ1n) is 5.19. The zero-order valence-electron chi connectivity index (χ0n) is 9.60. The van der Waals surface area contributed by atoms with Gasteiger partial charge in [0.2, 0.25) is 0 Å². The van der Waals surface area contributed by atoms with E-state index in [0.717, 1.165) is 10.9 Å². The Morgan fingerprint density at radius 2 is 2.19 bits per heavy atom. The zero-order chi connectivity index (χ0) is 11.7. The summed E-state index contributed by atoms with van der Waals surface area (Å²) in [5.74, 6) is -0.320. The van der Waals surface area contributed by atoms with Crippen LogP contribution >= 0.6 is 0 Å². The molecule has 16 heavy (non-hydrogen) atoms. The van der Waals surface area contributed by atoms with Crippen molar-refractivity contribution in [1.29, 1.82) is 0 Å². The molecule has 0 atom stereocenters. The Labute approximate surface area is 93.8 Å². The Kier molecular flexibility index (Phi) is 2.64. The van der Waals surface area contributed by atoms with Crippen LogP contribution in [-0.4, -0.2) is 22.9 Å². The van der Waals surface area contributed by atoms with E-state index in [1.54, 1.807) is 12.1 Å². The van der Waals surface area contributed by atoms with Crippen LogP contribution in [0.3, 0.4) is 0 Å². The summed E-state index contributed by atoms with van der Waals surface area (Å²) in [6, 6.07) is 5.67. The Bertz CT molecular complexity index is 529. The van der Waals surface area contributed by atoms with Crippen LogP contribution < -0.4 is 0 Å². The topological polar surface area (TPSA) is 44.1 Å². The van der Waals surface area contributed by atoms with Crippen molar-refractivity contribution in [2.45, 2.75) is 19.9 Å². The van der Waals surface area contributed by atoms with Gasteiger partial charge in [0.1, 0.15) is 0 Å². The molecule has 0 aliphatic rings. The largest absolute Gasteiger partial charge is 0.465 e. The van der Waals surface area contributed by atoms with Gasteiger partial charge in [-0.05, 0) is 32.0 Å². The minimum Gasteiger partial charge on any atom is -0.465 e. The summed E-state index contributed by atoms with van der Waals surface area (Å²) in [6.45, 7) is 4.13. The van der Waals surface area contributed by atoms with Crippen LogP contribution in [0, 0.1) is 0 Å². The second-order valence-corrected chi connectivity index (χ2v) is 3.97. The van der Waals surface area contributed by atoms with Gasteiger partial charge in [0.25, 0.3) is 0 Å². The lowest BCUT2D eigenvalue weighted by Gasteiger charge is -2.02. The van der Waals surface area contributed by atoms with Crippen molar-refractivity contribution in [2.24, 2.45) is 0 Å². The maximum atomic E-state index is 11.3. The second-order valence-electron chi connectivity index (χ2n) is 3.97. The van der Waals surface area contributed by atoms with E-state index in [0.29, 0.717) is 11.6 Å². The lowest BCUT2D eigenvalue weighted by atomic mass is 10.2. The number of fused-ring (bicyclic) bond motifs is 1. The molecule has 0 saturated heterocycles. The van der Waals surface area contributed by atoms with E-state index in [2.05, 4.69) is 23.7 Å². The highest BCUT2D eigenvalue weighted by Gasteiger charge is 2.08. The predicted octanol–water partition coefficient (Wildman–Crippen LogP) is 2.40. The number of rotatable bonds is 2. The summed E-state index contributed by atoms with van der Waals surface area (Å²) in [5.41, 5.74) is 1.44. The fraction of sp³-hybridized carbons (Fsp3) is 0.333. The first-order chi connectivity index (χ1) is 7.61. The second kappa shape index (κ2) is 3.96. The molecule has 1 aromatic carbocycles. The van der Waals surface area contributed by atoms with Crippen molar-refractivity contribution >= 4 is 16.9 Å². The number of benzene rings is 1. The Hall–Kier alpha value is -1.84. The molecule has 2 aromatic rings. The van der Waals surface area contributed by atoms with Crippen molar-refractivity contribution in [3.05, 3.63) is 30.0 Å². The summed E-state index contributed by atoms with van der Waals surface area (Å²) < 4.78 is 6.55. The van der Waals surface area contributed by atoms with Crippen molar-refractivity contribution < 1.29 is 9.53 Å². The van der Waals surface area contributed by atoms with Gasteiger partial charge in [-0.3, -0.25) is 4.68 Å². The Morgan fingerprint density at radius 3 is 2.81 bits per heavy atom. The monoisotopic (exact) mass is 218 g/mol. The number of esters is 1. The first-order valence-corrected chi connectivity index (χ1v) is 5.19. The van der Waals surface area contributed by atoms with Gasteiger partial charge in [-0.2, -0.15) is 5.10 Å². The van der Waals surface area contributed by atoms with Crippen molar-refractivity contribution in [2.75, 3.05) is 7.11 Å². The first kappa shape index (κ1) is 10.7. The molecule has 1 heterocycles. The molecule has 1 aromatic heterocycles. The normalized spacial score (nSPS) is 11.0. The van der Waals surface area contributed by atoms with Crippen LogP contribution in [0.25, 0.3) is 10.9 Å². The van der Waals surface area contributed by atoms with E-state index in [-0.39, 0.29) is 5.97 Å². The highest BCUT2D eigenvalue weighted by atomic mass is 16.5. The molecule has 0 amide bonds. The minimum atomic E-state index is -0.320. The number of hydrogen-bond donors (Lipinski definition) is 0. The van der Waals surface area contributed by atoms with Crippen molar-refractivity contribution in [3.8, 4) is 0 Å². The number of hydrogen-bond acceptors (Lipinski definition) is 3. The third kappa shape index (κ3) is 1.78. The molecule has 0 spiro atoms. The van der Waals surface area contributed by atoms with Gasteiger partial charge in [0.05, 0.1) is 18.2 Å². The summed E-state index contributed by atoms with van der Waals surface area (Å²) in [5, 5.41) is 5.36. The van der Waals surface area contributed by atoms with E-state index in [9.17, 15) is 4.79 Å². The lowest BCUT2D eigenvalue weighted by molar-refractivity contribution is 0.0601. The third-order valence-corrected chi connectivity index (χ3v) is 2.47. The van der Waals surface area contributed by atoms with Gasteiger partial charge in [0, 0.05) is 17.6 Å². The summed E-state index contributed by atoms with van der Waals surface area (Å²) in [4.78, 5) is 11.3. The van der Waals surface area contributed by atoms with Gasteiger partial charge < -0.3 is 4.74 Å². The third-order valence-electron chi connectivity index (χ3n) is 2.47. The molecule has 4 nitrogen and oxygen atoms in total. The highest BCUT2D eigenvalue weighted by Crippen LogP contribution is 2.17.